The summed E-state index contributed by atoms with van der Waals surface area (Å²) in [5.41, 5.74) is 1.90. The molecule has 2 N–H and O–H groups in total. The molecule has 1 unspecified atom stereocenters. The average molecular weight is 245 g/mol. The molecule has 3 heteroatoms. The standard InChI is InChI=1S/C15H19NO2/c1-3-12(2)15(18)16-11-14-8-6-13(7-9-14)5-4-10-17/h6-9,12,17H,3,10-11H2,1-2H3,(H,16,18). The van der Waals surface area contributed by atoms with Crippen molar-refractivity contribution in [3.63, 3.8) is 0 Å². The van der Waals surface area contributed by atoms with E-state index in [1.807, 2.05) is 38.1 Å². The largest absolute Gasteiger partial charge is 0.384 e. The van der Waals surface area contributed by atoms with Gasteiger partial charge in [0, 0.05) is 18.0 Å². The molecule has 1 aromatic rings. The average Bonchev–Trinajstić information content (AvgIpc) is 2.42. The number of aliphatic hydroxyl groups is 1. The van der Waals surface area contributed by atoms with Crippen LogP contribution >= 0.6 is 0 Å². The lowest BCUT2D eigenvalue weighted by molar-refractivity contribution is -0.124. The molecule has 18 heavy (non-hydrogen) atoms. The van der Waals surface area contributed by atoms with Crippen LogP contribution in [0.15, 0.2) is 24.3 Å². The monoisotopic (exact) mass is 245 g/mol. The zero-order valence-corrected chi connectivity index (χ0v) is 10.9. The van der Waals surface area contributed by atoms with Crippen molar-refractivity contribution in [1.82, 2.24) is 5.32 Å². The summed E-state index contributed by atoms with van der Waals surface area (Å²) in [6, 6.07) is 7.62. The van der Waals surface area contributed by atoms with Crippen LogP contribution in [-0.4, -0.2) is 17.6 Å². The van der Waals surface area contributed by atoms with E-state index in [-0.39, 0.29) is 18.4 Å². The molecule has 1 amide bonds. The predicted molar refractivity (Wildman–Crippen MR) is 71.7 cm³/mol. The Morgan fingerprint density at radius 3 is 2.61 bits per heavy atom. The summed E-state index contributed by atoms with van der Waals surface area (Å²) in [4.78, 5) is 11.6. The van der Waals surface area contributed by atoms with E-state index in [4.69, 9.17) is 5.11 Å². The van der Waals surface area contributed by atoms with Crippen LogP contribution in [0.3, 0.4) is 0 Å². The molecule has 0 radical (unpaired) electrons. The molecule has 0 spiro atoms. The van der Waals surface area contributed by atoms with Crippen molar-refractivity contribution in [3.8, 4) is 11.8 Å². The first-order chi connectivity index (χ1) is 8.67. The number of hydrogen-bond acceptors (Lipinski definition) is 2. The van der Waals surface area contributed by atoms with Crippen LogP contribution in [0.5, 0.6) is 0 Å². The first-order valence-electron chi connectivity index (χ1n) is 6.13. The van der Waals surface area contributed by atoms with Crippen LogP contribution in [0, 0.1) is 17.8 Å². The van der Waals surface area contributed by atoms with Gasteiger partial charge in [-0.3, -0.25) is 4.79 Å². The minimum absolute atomic E-state index is 0.0553. The van der Waals surface area contributed by atoms with Gasteiger partial charge in [0.05, 0.1) is 0 Å². The third kappa shape index (κ3) is 4.60. The molecule has 0 aromatic heterocycles. The summed E-state index contributed by atoms with van der Waals surface area (Å²) in [5.74, 6) is 5.56. The van der Waals surface area contributed by atoms with Crippen LogP contribution in [-0.2, 0) is 11.3 Å². The van der Waals surface area contributed by atoms with Gasteiger partial charge in [-0.2, -0.15) is 0 Å². The summed E-state index contributed by atoms with van der Waals surface area (Å²) < 4.78 is 0. The third-order valence-electron chi connectivity index (χ3n) is 2.79. The first-order valence-corrected chi connectivity index (χ1v) is 6.13. The van der Waals surface area contributed by atoms with Crippen LogP contribution < -0.4 is 5.32 Å². The number of rotatable bonds is 4. The Kier molecular flexibility index (Phi) is 5.96. The van der Waals surface area contributed by atoms with Crippen LogP contribution in [0.1, 0.15) is 31.4 Å². The van der Waals surface area contributed by atoms with Gasteiger partial charge >= 0.3 is 0 Å². The quantitative estimate of drug-likeness (QED) is 0.793. The smallest absolute Gasteiger partial charge is 0.223 e. The highest BCUT2D eigenvalue weighted by atomic mass is 16.2. The molecular weight excluding hydrogens is 226 g/mol. The Bertz CT molecular complexity index is 440. The van der Waals surface area contributed by atoms with E-state index in [1.54, 1.807) is 0 Å². The van der Waals surface area contributed by atoms with Crippen molar-refractivity contribution in [2.75, 3.05) is 6.61 Å². The Morgan fingerprint density at radius 2 is 2.06 bits per heavy atom. The first kappa shape index (κ1) is 14.3. The highest BCUT2D eigenvalue weighted by Gasteiger charge is 2.09. The van der Waals surface area contributed by atoms with E-state index in [0.29, 0.717) is 6.54 Å². The van der Waals surface area contributed by atoms with E-state index in [1.165, 1.54) is 0 Å². The molecule has 0 bridgehead atoms. The lowest BCUT2D eigenvalue weighted by Crippen LogP contribution is -2.28. The molecule has 0 aliphatic rings. The molecule has 0 saturated heterocycles. The number of hydrogen-bond donors (Lipinski definition) is 2. The highest BCUT2D eigenvalue weighted by Crippen LogP contribution is 2.05. The summed E-state index contributed by atoms with van der Waals surface area (Å²) >= 11 is 0. The number of carbonyl (C=O) groups excluding carboxylic acids is 1. The molecule has 0 fully saturated rings. The minimum Gasteiger partial charge on any atom is -0.384 e. The molecular formula is C15H19NO2. The number of carbonyl (C=O) groups is 1. The second kappa shape index (κ2) is 7.52. The number of benzene rings is 1. The maximum Gasteiger partial charge on any atom is 0.223 e. The van der Waals surface area contributed by atoms with Crippen LogP contribution in [0.2, 0.25) is 0 Å². The van der Waals surface area contributed by atoms with Gasteiger partial charge < -0.3 is 10.4 Å². The molecule has 1 aromatic carbocycles. The van der Waals surface area contributed by atoms with Crippen molar-refractivity contribution < 1.29 is 9.90 Å². The molecule has 96 valence electrons. The Morgan fingerprint density at radius 1 is 1.39 bits per heavy atom. The fourth-order valence-electron chi connectivity index (χ4n) is 1.40. The van der Waals surface area contributed by atoms with Crippen molar-refractivity contribution >= 4 is 5.91 Å². The maximum absolute atomic E-state index is 11.6. The van der Waals surface area contributed by atoms with Crippen LogP contribution in [0.4, 0.5) is 0 Å². The molecule has 0 aliphatic heterocycles. The van der Waals surface area contributed by atoms with Gasteiger partial charge in [0.15, 0.2) is 0 Å². The summed E-state index contributed by atoms with van der Waals surface area (Å²) in [7, 11) is 0. The van der Waals surface area contributed by atoms with Crippen LogP contribution in [0.25, 0.3) is 0 Å². The van der Waals surface area contributed by atoms with Gasteiger partial charge in [0.1, 0.15) is 6.61 Å². The molecule has 0 heterocycles. The normalized spacial score (nSPS) is 11.3. The molecule has 0 aliphatic carbocycles. The van der Waals surface area contributed by atoms with E-state index in [2.05, 4.69) is 17.2 Å². The van der Waals surface area contributed by atoms with Crippen molar-refractivity contribution in [2.45, 2.75) is 26.8 Å². The maximum atomic E-state index is 11.6. The molecule has 1 rings (SSSR count). The van der Waals surface area contributed by atoms with Gasteiger partial charge in [-0.15, -0.1) is 0 Å². The van der Waals surface area contributed by atoms with E-state index >= 15 is 0 Å². The lowest BCUT2D eigenvalue weighted by Gasteiger charge is -2.09. The fourth-order valence-corrected chi connectivity index (χ4v) is 1.40. The second-order valence-electron chi connectivity index (χ2n) is 4.18. The van der Waals surface area contributed by atoms with E-state index in [9.17, 15) is 4.79 Å². The van der Waals surface area contributed by atoms with Crippen molar-refractivity contribution in [3.05, 3.63) is 35.4 Å². The lowest BCUT2D eigenvalue weighted by atomic mass is 10.1. The number of nitrogens with one attached hydrogen (secondary N) is 1. The second-order valence-corrected chi connectivity index (χ2v) is 4.18. The molecule has 0 saturated carbocycles. The number of amides is 1. The fraction of sp³-hybridized carbons (Fsp3) is 0.400. The number of aliphatic hydroxyl groups excluding tert-OH is 1. The summed E-state index contributed by atoms with van der Waals surface area (Å²) in [6.45, 7) is 4.32. The zero-order chi connectivity index (χ0) is 13.4. The van der Waals surface area contributed by atoms with Crippen molar-refractivity contribution in [1.29, 1.82) is 0 Å². The third-order valence-corrected chi connectivity index (χ3v) is 2.79. The minimum atomic E-state index is -0.132. The zero-order valence-electron chi connectivity index (χ0n) is 10.9. The molecule has 3 nitrogen and oxygen atoms in total. The van der Waals surface area contributed by atoms with E-state index in [0.717, 1.165) is 17.5 Å². The Hall–Kier alpha value is -1.79. The van der Waals surface area contributed by atoms with Gasteiger partial charge in [-0.1, -0.05) is 37.8 Å². The van der Waals surface area contributed by atoms with Gasteiger partial charge in [0.2, 0.25) is 5.91 Å². The Balaban J connectivity index is 2.51. The van der Waals surface area contributed by atoms with Gasteiger partial charge in [-0.25, -0.2) is 0 Å². The SMILES string of the molecule is CCC(C)C(=O)NCc1ccc(C#CCO)cc1. The predicted octanol–water partition coefficient (Wildman–Crippen LogP) is 1.69. The van der Waals surface area contributed by atoms with Gasteiger partial charge in [-0.05, 0) is 24.1 Å². The highest BCUT2D eigenvalue weighted by molar-refractivity contribution is 5.78. The molecule has 1 atom stereocenters. The van der Waals surface area contributed by atoms with Crippen molar-refractivity contribution in [2.24, 2.45) is 5.92 Å². The summed E-state index contributed by atoms with van der Waals surface area (Å²) in [6.07, 6.45) is 0.849. The van der Waals surface area contributed by atoms with Gasteiger partial charge in [0.25, 0.3) is 0 Å². The topological polar surface area (TPSA) is 49.3 Å². The summed E-state index contributed by atoms with van der Waals surface area (Å²) in [5, 5.41) is 11.5. The van der Waals surface area contributed by atoms with E-state index < -0.39 is 0 Å². The Labute approximate surface area is 108 Å².